The van der Waals surface area contributed by atoms with Gasteiger partial charge in [0, 0.05) is 0 Å². The summed E-state index contributed by atoms with van der Waals surface area (Å²) in [6.07, 6.45) is 2.68. The standard InChI is InChI=1S/C25H27NO/c1-3-7-20-10-14-23(15-11-20)24-16-12-21(13-17-24)18-25(27)26-19(2)22-8-5-4-6-9-22/h4-6,8-17,19H,3,7,18H2,1-2H3,(H,26,27)/t19-/m1/s1. The molecule has 0 radical (unpaired) electrons. The van der Waals surface area contributed by atoms with Crippen molar-refractivity contribution in [3.8, 4) is 11.1 Å². The van der Waals surface area contributed by atoms with Gasteiger partial charge in [0.15, 0.2) is 0 Å². The molecule has 2 nitrogen and oxygen atoms in total. The molecule has 0 saturated carbocycles. The van der Waals surface area contributed by atoms with Gasteiger partial charge in [-0.05, 0) is 41.2 Å². The Hall–Kier alpha value is -2.87. The monoisotopic (exact) mass is 357 g/mol. The molecule has 0 heterocycles. The Bertz CT molecular complexity index is 851. The summed E-state index contributed by atoms with van der Waals surface area (Å²) in [5.74, 6) is 0.0445. The zero-order valence-electron chi connectivity index (χ0n) is 16.1. The van der Waals surface area contributed by atoms with Crippen LogP contribution in [0.15, 0.2) is 78.9 Å². The first-order valence-corrected chi connectivity index (χ1v) is 9.68. The van der Waals surface area contributed by atoms with Gasteiger partial charge in [-0.25, -0.2) is 0 Å². The van der Waals surface area contributed by atoms with Crippen molar-refractivity contribution in [3.05, 3.63) is 95.6 Å². The third kappa shape index (κ3) is 5.30. The molecule has 0 unspecified atom stereocenters. The van der Waals surface area contributed by atoms with Crippen LogP contribution < -0.4 is 5.32 Å². The molecule has 3 aromatic carbocycles. The highest BCUT2D eigenvalue weighted by atomic mass is 16.1. The molecule has 1 amide bonds. The van der Waals surface area contributed by atoms with Crippen molar-refractivity contribution in [1.29, 1.82) is 0 Å². The van der Waals surface area contributed by atoms with Crippen LogP contribution in [0.1, 0.15) is 43.0 Å². The lowest BCUT2D eigenvalue weighted by molar-refractivity contribution is -0.121. The molecule has 0 bridgehead atoms. The van der Waals surface area contributed by atoms with Gasteiger partial charge in [0.25, 0.3) is 0 Å². The highest BCUT2D eigenvalue weighted by Crippen LogP contribution is 2.21. The maximum Gasteiger partial charge on any atom is 0.224 e. The molecule has 1 atom stereocenters. The quantitative estimate of drug-likeness (QED) is 0.575. The molecule has 138 valence electrons. The van der Waals surface area contributed by atoms with Gasteiger partial charge in [0.1, 0.15) is 0 Å². The second-order valence-corrected chi connectivity index (χ2v) is 7.02. The van der Waals surface area contributed by atoms with Gasteiger partial charge in [0.05, 0.1) is 12.5 Å². The van der Waals surface area contributed by atoms with E-state index in [2.05, 4.69) is 48.6 Å². The highest BCUT2D eigenvalue weighted by molar-refractivity contribution is 5.79. The van der Waals surface area contributed by atoms with E-state index in [-0.39, 0.29) is 11.9 Å². The van der Waals surface area contributed by atoms with Gasteiger partial charge < -0.3 is 5.32 Å². The number of rotatable bonds is 7. The summed E-state index contributed by atoms with van der Waals surface area (Å²) in [5.41, 5.74) is 5.91. The second-order valence-electron chi connectivity index (χ2n) is 7.02. The minimum absolute atomic E-state index is 0.0135. The van der Waals surface area contributed by atoms with Gasteiger partial charge in [-0.3, -0.25) is 4.79 Å². The number of nitrogens with one attached hydrogen (secondary N) is 1. The molecule has 0 aliphatic carbocycles. The van der Waals surface area contributed by atoms with Crippen molar-refractivity contribution in [1.82, 2.24) is 5.32 Å². The molecule has 0 saturated heterocycles. The van der Waals surface area contributed by atoms with Crippen molar-refractivity contribution >= 4 is 5.91 Å². The third-order valence-electron chi connectivity index (χ3n) is 4.82. The van der Waals surface area contributed by atoms with Crippen molar-refractivity contribution in [2.24, 2.45) is 0 Å². The second kappa shape index (κ2) is 9.18. The Balaban J connectivity index is 1.59. The van der Waals surface area contributed by atoms with E-state index in [9.17, 15) is 4.79 Å². The molecule has 0 aliphatic heterocycles. The first-order chi connectivity index (χ1) is 13.2. The molecule has 0 fully saturated rings. The fourth-order valence-corrected chi connectivity index (χ4v) is 3.27. The summed E-state index contributed by atoms with van der Waals surface area (Å²) in [6, 6.07) is 27.1. The lowest BCUT2D eigenvalue weighted by Gasteiger charge is -2.14. The van der Waals surface area contributed by atoms with Crippen molar-refractivity contribution < 1.29 is 4.79 Å². The molecule has 3 aromatic rings. The van der Waals surface area contributed by atoms with E-state index in [1.807, 2.05) is 49.4 Å². The number of carbonyl (C=O) groups excluding carboxylic acids is 1. The maximum absolute atomic E-state index is 12.3. The number of hydrogen-bond donors (Lipinski definition) is 1. The Morgan fingerprint density at radius 3 is 1.93 bits per heavy atom. The molecule has 2 heteroatoms. The zero-order valence-corrected chi connectivity index (χ0v) is 16.1. The topological polar surface area (TPSA) is 29.1 Å². The Labute approximate surface area is 162 Å². The van der Waals surface area contributed by atoms with E-state index >= 15 is 0 Å². The molecule has 1 N–H and O–H groups in total. The van der Waals surface area contributed by atoms with Gasteiger partial charge in [-0.1, -0.05) is 92.2 Å². The average molecular weight is 357 g/mol. The Morgan fingerprint density at radius 2 is 1.37 bits per heavy atom. The van der Waals surface area contributed by atoms with Crippen molar-refractivity contribution in [2.45, 2.75) is 39.2 Å². The van der Waals surface area contributed by atoms with Crippen molar-refractivity contribution in [3.63, 3.8) is 0 Å². The molecular formula is C25H27NO. The number of carbonyl (C=O) groups is 1. The van der Waals surface area contributed by atoms with Crippen LogP contribution in [0.25, 0.3) is 11.1 Å². The summed E-state index contributed by atoms with van der Waals surface area (Å²) < 4.78 is 0. The summed E-state index contributed by atoms with van der Waals surface area (Å²) in [4.78, 5) is 12.3. The lowest BCUT2D eigenvalue weighted by atomic mass is 10.0. The number of hydrogen-bond acceptors (Lipinski definition) is 1. The van der Waals surface area contributed by atoms with Gasteiger partial charge >= 0.3 is 0 Å². The minimum Gasteiger partial charge on any atom is -0.349 e. The van der Waals surface area contributed by atoms with Crippen LogP contribution in [-0.4, -0.2) is 5.91 Å². The van der Waals surface area contributed by atoms with E-state index in [1.165, 1.54) is 23.1 Å². The first-order valence-electron chi connectivity index (χ1n) is 9.68. The molecule has 0 aliphatic rings. The SMILES string of the molecule is CCCc1ccc(-c2ccc(CC(=O)N[C@H](C)c3ccccc3)cc2)cc1. The average Bonchev–Trinajstić information content (AvgIpc) is 2.70. The third-order valence-corrected chi connectivity index (χ3v) is 4.82. The molecule has 0 aromatic heterocycles. The van der Waals surface area contributed by atoms with E-state index in [0.29, 0.717) is 6.42 Å². The van der Waals surface area contributed by atoms with E-state index in [4.69, 9.17) is 0 Å². The molecule has 27 heavy (non-hydrogen) atoms. The fraction of sp³-hybridized carbons (Fsp3) is 0.240. The Kier molecular flexibility index (Phi) is 6.43. The summed E-state index contributed by atoms with van der Waals surface area (Å²) >= 11 is 0. The van der Waals surface area contributed by atoms with E-state index < -0.39 is 0 Å². The minimum atomic E-state index is 0.0135. The predicted octanol–water partition coefficient (Wildman–Crippen LogP) is 5.73. The van der Waals surface area contributed by atoms with Crippen molar-refractivity contribution in [2.75, 3.05) is 0 Å². The summed E-state index contributed by atoms with van der Waals surface area (Å²) in [7, 11) is 0. The van der Waals surface area contributed by atoms with E-state index in [1.54, 1.807) is 0 Å². The summed E-state index contributed by atoms with van der Waals surface area (Å²) in [6.45, 7) is 4.21. The smallest absolute Gasteiger partial charge is 0.224 e. The number of amides is 1. The van der Waals surface area contributed by atoms with Crippen LogP contribution in [0.4, 0.5) is 0 Å². The lowest BCUT2D eigenvalue weighted by Crippen LogP contribution is -2.28. The van der Waals surface area contributed by atoms with Gasteiger partial charge in [0.2, 0.25) is 5.91 Å². The predicted molar refractivity (Wildman–Crippen MR) is 113 cm³/mol. The van der Waals surface area contributed by atoms with Gasteiger partial charge in [-0.15, -0.1) is 0 Å². The maximum atomic E-state index is 12.3. The molecular weight excluding hydrogens is 330 g/mol. The van der Waals surface area contributed by atoms with Crippen LogP contribution >= 0.6 is 0 Å². The highest BCUT2D eigenvalue weighted by Gasteiger charge is 2.10. The fourth-order valence-electron chi connectivity index (χ4n) is 3.27. The zero-order chi connectivity index (χ0) is 19.1. The van der Waals surface area contributed by atoms with Crippen LogP contribution in [0.3, 0.4) is 0 Å². The largest absolute Gasteiger partial charge is 0.349 e. The normalized spacial score (nSPS) is 11.8. The van der Waals surface area contributed by atoms with Crippen LogP contribution in [0.2, 0.25) is 0 Å². The van der Waals surface area contributed by atoms with Crippen LogP contribution in [0, 0.1) is 0 Å². The first kappa shape index (κ1) is 18.9. The number of benzene rings is 3. The summed E-state index contributed by atoms with van der Waals surface area (Å²) in [5, 5.41) is 3.07. The van der Waals surface area contributed by atoms with E-state index in [0.717, 1.165) is 17.5 Å². The van der Waals surface area contributed by atoms with Crippen LogP contribution in [0.5, 0.6) is 0 Å². The van der Waals surface area contributed by atoms with Crippen LogP contribution in [-0.2, 0) is 17.6 Å². The number of aryl methyl sites for hydroxylation is 1. The van der Waals surface area contributed by atoms with Gasteiger partial charge in [-0.2, -0.15) is 0 Å². The molecule has 3 rings (SSSR count). The Morgan fingerprint density at radius 1 is 0.815 bits per heavy atom. The molecule has 0 spiro atoms.